The zero-order chi connectivity index (χ0) is 12.1. The molecule has 90 valence electrons. The van der Waals surface area contributed by atoms with Gasteiger partial charge >= 0.3 is 0 Å². The predicted octanol–water partition coefficient (Wildman–Crippen LogP) is 3.63. The third-order valence-corrected chi connectivity index (χ3v) is 4.51. The average molecular weight is 351 g/mol. The number of aliphatic hydroxyl groups excluding tert-OH is 1. The molecule has 0 aliphatic heterocycles. The third kappa shape index (κ3) is 3.84. The lowest BCUT2D eigenvalue weighted by molar-refractivity contribution is 0.234. The molecule has 0 amide bonds. The topological polar surface area (TPSA) is 32.3 Å². The summed E-state index contributed by atoms with van der Waals surface area (Å²) in [5, 5.41) is 12.8. The summed E-state index contributed by atoms with van der Waals surface area (Å²) in [5.74, 6) is 0. The Morgan fingerprint density at radius 3 is 2.50 bits per heavy atom. The van der Waals surface area contributed by atoms with Gasteiger partial charge in [-0.25, -0.2) is 0 Å². The van der Waals surface area contributed by atoms with Gasteiger partial charge in [0.1, 0.15) is 0 Å². The second kappa shape index (κ2) is 6.74. The highest BCUT2D eigenvalue weighted by Gasteiger charge is 2.13. The monoisotopic (exact) mass is 349 g/mol. The highest BCUT2D eigenvalue weighted by Crippen LogP contribution is 2.26. The summed E-state index contributed by atoms with van der Waals surface area (Å²) < 4.78 is 2.03. The van der Waals surface area contributed by atoms with Gasteiger partial charge in [-0.2, -0.15) is 0 Å². The lowest BCUT2D eigenvalue weighted by Gasteiger charge is -2.21. The molecule has 0 heterocycles. The second-order valence-corrected chi connectivity index (χ2v) is 5.59. The van der Waals surface area contributed by atoms with Crippen molar-refractivity contribution < 1.29 is 5.11 Å². The SMILES string of the molecule is CCC(C)NC(CO)c1ccc(Br)c(Br)c1. The molecule has 2 unspecified atom stereocenters. The first kappa shape index (κ1) is 14.2. The van der Waals surface area contributed by atoms with Crippen molar-refractivity contribution in [1.29, 1.82) is 0 Å². The van der Waals surface area contributed by atoms with E-state index in [1.165, 1.54) is 0 Å². The second-order valence-electron chi connectivity index (χ2n) is 3.88. The van der Waals surface area contributed by atoms with E-state index in [0.29, 0.717) is 6.04 Å². The first-order chi connectivity index (χ1) is 7.58. The van der Waals surface area contributed by atoms with Crippen molar-refractivity contribution in [2.75, 3.05) is 6.61 Å². The fourth-order valence-electron chi connectivity index (χ4n) is 1.44. The van der Waals surface area contributed by atoms with Crippen molar-refractivity contribution in [3.63, 3.8) is 0 Å². The van der Waals surface area contributed by atoms with E-state index >= 15 is 0 Å². The van der Waals surface area contributed by atoms with Crippen LogP contribution in [0.5, 0.6) is 0 Å². The number of halogens is 2. The fraction of sp³-hybridized carbons (Fsp3) is 0.500. The van der Waals surface area contributed by atoms with Crippen molar-refractivity contribution in [2.45, 2.75) is 32.4 Å². The number of nitrogens with one attached hydrogen (secondary N) is 1. The molecule has 2 N–H and O–H groups in total. The molecule has 0 aromatic heterocycles. The van der Waals surface area contributed by atoms with Gasteiger partial charge in [0, 0.05) is 15.0 Å². The van der Waals surface area contributed by atoms with E-state index in [4.69, 9.17) is 0 Å². The van der Waals surface area contributed by atoms with E-state index in [9.17, 15) is 5.11 Å². The van der Waals surface area contributed by atoms with Gasteiger partial charge in [-0.3, -0.25) is 0 Å². The molecule has 2 nitrogen and oxygen atoms in total. The highest BCUT2D eigenvalue weighted by molar-refractivity contribution is 9.13. The summed E-state index contributed by atoms with van der Waals surface area (Å²) in [7, 11) is 0. The molecule has 0 radical (unpaired) electrons. The van der Waals surface area contributed by atoms with Gasteiger partial charge in [0.2, 0.25) is 0 Å². The molecule has 0 aliphatic carbocycles. The standard InChI is InChI=1S/C12H17Br2NO/c1-3-8(2)15-12(7-16)9-4-5-10(13)11(14)6-9/h4-6,8,12,15-16H,3,7H2,1-2H3. The number of aliphatic hydroxyl groups is 1. The first-order valence-electron chi connectivity index (χ1n) is 5.40. The molecule has 1 aromatic rings. The number of benzene rings is 1. The quantitative estimate of drug-likeness (QED) is 0.849. The van der Waals surface area contributed by atoms with Gasteiger partial charge in [0.05, 0.1) is 12.6 Å². The van der Waals surface area contributed by atoms with Crippen LogP contribution in [0.15, 0.2) is 27.1 Å². The Hall–Kier alpha value is 0.1000. The van der Waals surface area contributed by atoms with E-state index < -0.39 is 0 Å². The summed E-state index contributed by atoms with van der Waals surface area (Å²) in [6.45, 7) is 4.36. The van der Waals surface area contributed by atoms with Crippen LogP contribution in [-0.2, 0) is 0 Å². The third-order valence-electron chi connectivity index (χ3n) is 2.63. The molecule has 0 fully saturated rings. The van der Waals surface area contributed by atoms with E-state index in [0.717, 1.165) is 20.9 Å². The fourth-order valence-corrected chi connectivity index (χ4v) is 2.09. The maximum Gasteiger partial charge on any atom is 0.0626 e. The normalized spacial score (nSPS) is 14.8. The first-order valence-corrected chi connectivity index (χ1v) is 6.99. The molecule has 0 saturated heterocycles. The van der Waals surface area contributed by atoms with Crippen LogP contribution in [-0.4, -0.2) is 17.8 Å². The molecular weight excluding hydrogens is 334 g/mol. The number of hydrogen-bond donors (Lipinski definition) is 2. The zero-order valence-corrected chi connectivity index (χ0v) is 12.7. The largest absolute Gasteiger partial charge is 0.394 e. The van der Waals surface area contributed by atoms with Crippen LogP contribution in [0, 0.1) is 0 Å². The molecular formula is C12H17Br2NO. The average Bonchev–Trinajstić information content (AvgIpc) is 2.29. The lowest BCUT2D eigenvalue weighted by atomic mass is 10.1. The molecule has 16 heavy (non-hydrogen) atoms. The minimum absolute atomic E-state index is 0.000602. The Labute approximate surface area is 114 Å². The summed E-state index contributed by atoms with van der Waals surface area (Å²) in [4.78, 5) is 0. The van der Waals surface area contributed by atoms with Gasteiger partial charge in [-0.1, -0.05) is 13.0 Å². The van der Waals surface area contributed by atoms with Gasteiger partial charge in [0.15, 0.2) is 0 Å². The van der Waals surface area contributed by atoms with E-state index in [1.807, 2.05) is 18.2 Å². The van der Waals surface area contributed by atoms with Gasteiger partial charge in [-0.05, 0) is 62.9 Å². The van der Waals surface area contributed by atoms with E-state index in [1.54, 1.807) is 0 Å². The maximum atomic E-state index is 9.39. The zero-order valence-electron chi connectivity index (χ0n) is 9.50. The van der Waals surface area contributed by atoms with Crippen molar-refractivity contribution in [1.82, 2.24) is 5.32 Å². The van der Waals surface area contributed by atoms with Crippen LogP contribution in [0.3, 0.4) is 0 Å². The van der Waals surface area contributed by atoms with Gasteiger partial charge in [-0.15, -0.1) is 0 Å². The Balaban J connectivity index is 2.82. The van der Waals surface area contributed by atoms with Crippen molar-refractivity contribution >= 4 is 31.9 Å². The van der Waals surface area contributed by atoms with Gasteiger partial charge < -0.3 is 10.4 Å². The van der Waals surface area contributed by atoms with Crippen LogP contribution in [0.4, 0.5) is 0 Å². The molecule has 0 spiro atoms. The van der Waals surface area contributed by atoms with Crippen LogP contribution in [0.1, 0.15) is 31.9 Å². The summed E-state index contributed by atoms with van der Waals surface area (Å²) in [6, 6.07) is 6.44. The summed E-state index contributed by atoms with van der Waals surface area (Å²) >= 11 is 6.91. The Kier molecular flexibility index (Phi) is 5.97. The molecule has 0 bridgehead atoms. The summed E-state index contributed by atoms with van der Waals surface area (Å²) in [6.07, 6.45) is 1.05. The predicted molar refractivity (Wildman–Crippen MR) is 74.6 cm³/mol. The smallest absolute Gasteiger partial charge is 0.0626 e. The molecule has 1 aromatic carbocycles. The van der Waals surface area contributed by atoms with E-state index in [2.05, 4.69) is 51.0 Å². The lowest BCUT2D eigenvalue weighted by Crippen LogP contribution is -2.32. The van der Waals surface area contributed by atoms with Crippen LogP contribution in [0.2, 0.25) is 0 Å². The molecule has 0 saturated carbocycles. The summed E-state index contributed by atoms with van der Waals surface area (Å²) in [5.41, 5.74) is 1.10. The highest BCUT2D eigenvalue weighted by atomic mass is 79.9. The minimum atomic E-state index is -0.000602. The van der Waals surface area contributed by atoms with Gasteiger partial charge in [0.25, 0.3) is 0 Å². The van der Waals surface area contributed by atoms with Crippen LogP contribution >= 0.6 is 31.9 Å². The Morgan fingerprint density at radius 1 is 1.31 bits per heavy atom. The molecule has 2 atom stereocenters. The molecule has 4 heteroatoms. The van der Waals surface area contributed by atoms with Crippen LogP contribution in [0.25, 0.3) is 0 Å². The van der Waals surface area contributed by atoms with Crippen molar-refractivity contribution in [2.24, 2.45) is 0 Å². The van der Waals surface area contributed by atoms with Crippen LogP contribution < -0.4 is 5.32 Å². The van der Waals surface area contributed by atoms with E-state index in [-0.39, 0.29) is 12.6 Å². The Bertz CT molecular complexity index is 344. The molecule has 0 aliphatic rings. The maximum absolute atomic E-state index is 9.39. The minimum Gasteiger partial charge on any atom is -0.394 e. The van der Waals surface area contributed by atoms with Crippen molar-refractivity contribution in [3.8, 4) is 0 Å². The Morgan fingerprint density at radius 2 is 2.00 bits per heavy atom. The number of rotatable bonds is 5. The number of hydrogen-bond acceptors (Lipinski definition) is 2. The molecule has 1 rings (SSSR count). The van der Waals surface area contributed by atoms with Crippen molar-refractivity contribution in [3.05, 3.63) is 32.7 Å².